The van der Waals surface area contributed by atoms with Crippen molar-refractivity contribution < 1.29 is 9.47 Å². The number of hydrogen-bond acceptors (Lipinski definition) is 2. The van der Waals surface area contributed by atoms with Gasteiger partial charge < -0.3 is 9.47 Å². The fourth-order valence-electron chi connectivity index (χ4n) is 9.13. The van der Waals surface area contributed by atoms with Crippen LogP contribution < -0.4 is 0 Å². The molecule has 5 fully saturated rings. The number of hydrogen-bond donors (Lipinski definition) is 0. The van der Waals surface area contributed by atoms with E-state index in [0.717, 1.165) is 55.6 Å². The summed E-state index contributed by atoms with van der Waals surface area (Å²) in [4.78, 5) is 0. The van der Waals surface area contributed by atoms with Crippen LogP contribution >= 0.6 is 0 Å². The molecule has 1 saturated heterocycles. The number of allylic oxidation sites excluding steroid dienone is 4. The Kier molecular flexibility index (Phi) is 5.74. The zero-order valence-electron chi connectivity index (χ0n) is 20.8. The first-order chi connectivity index (χ1) is 14.8. The van der Waals surface area contributed by atoms with Crippen LogP contribution in [0.5, 0.6) is 0 Å². The summed E-state index contributed by atoms with van der Waals surface area (Å²) < 4.78 is 12.3. The van der Waals surface area contributed by atoms with Gasteiger partial charge in [-0.2, -0.15) is 0 Å². The summed E-state index contributed by atoms with van der Waals surface area (Å²) in [7, 11) is 0. The molecule has 0 aromatic rings. The van der Waals surface area contributed by atoms with Gasteiger partial charge in [0.25, 0.3) is 0 Å². The van der Waals surface area contributed by atoms with Gasteiger partial charge in [-0.3, -0.25) is 0 Å². The summed E-state index contributed by atoms with van der Waals surface area (Å²) in [5.41, 5.74) is 2.69. The summed E-state index contributed by atoms with van der Waals surface area (Å²) in [5, 5.41) is 0. The minimum absolute atomic E-state index is 0.224. The van der Waals surface area contributed by atoms with Crippen LogP contribution in [0.1, 0.15) is 92.4 Å². The van der Waals surface area contributed by atoms with Crippen LogP contribution in [0.15, 0.2) is 23.8 Å². The zero-order chi connectivity index (χ0) is 21.9. The topological polar surface area (TPSA) is 18.5 Å². The van der Waals surface area contributed by atoms with Gasteiger partial charge in [-0.05, 0) is 98.2 Å². The first kappa shape index (κ1) is 22.2. The SMILES string of the molecule is C/C=C1\[C@H](/C=C/CC(C)C)C[C@H]2[C@@H]3CC[C@@H]4CC5(CC[C@]4(C)[C@H]3CC[C@]12C)OCCO5. The van der Waals surface area contributed by atoms with E-state index in [-0.39, 0.29) is 5.79 Å². The van der Waals surface area contributed by atoms with Crippen molar-refractivity contribution in [2.24, 2.45) is 46.3 Å². The Morgan fingerprint density at radius 2 is 1.77 bits per heavy atom. The summed E-state index contributed by atoms with van der Waals surface area (Å²) in [6, 6.07) is 0. The maximum atomic E-state index is 6.16. The van der Waals surface area contributed by atoms with Crippen molar-refractivity contribution in [2.45, 2.75) is 98.2 Å². The predicted octanol–water partition coefficient (Wildman–Crippen LogP) is 7.55. The van der Waals surface area contributed by atoms with Crippen LogP contribution in [0.2, 0.25) is 0 Å². The van der Waals surface area contributed by atoms with E-state index in [0.29, 0.717) is 16.7 Å². The number of fused-ring (bicyclic) bond motifs is 5. The van der Waals surface area contributed by atoms with E-state index in [9.17, 15) is 0 Å². The fourth-order valence-corrected chi connectivity index (χ4v) is 9.13. The lowest BCUT2D eigenvalue weighted by atomic mass is 9.45. The van der Waals surface area contributed by atoms with Crippen molar-refractivity contribution in [3.63, 3.8) is 0 Å². The molecule has 0 aromatic heterocycles. The van der Waals surface area contributed by atoms with Crippen LogP contribution in [0.4, 0.5) is 0 Å². The molecule has 7 atom stereocenters. The van der Waals surface area contributed by atoms with Gasteiger partial charge in [0.2, 0.25) is 0 Å². The van der Waals surface area contributed by atoms with E-state index in [2.05, 4.69) is 52.8 Å². The molecule has 5 aliphatic rings. The molecule has 1 spiro atoms. The predicted molar refractivity (Wildman–Crippen MR) is 128 cm³/mol. The third-order valence-corrected chi connectivity index (χ3v) is 10.7. The van der Waals surface area contributed by atoms with E-state index in [4.69, 9.17) is 9.47 Å². The molecular weight excluding hydrogens is 380 g/mol. The standard InChI is InChI=1S/C29H46O2/c1-6-24-21(9-7-8-20(2)3)18-26-23-11-10-22-19-29(30-16-17-31-29)15-14-27(22,4)25(23)12-13-28(24,26)5/h6-7,9,20-23,25-26H,8,10-19H2,1-5H3/b9-7+,24-6+/t21-,22-,23-,25+,26+,27+,28-/m1/s1. The van der Waals surface area contributed by atoms with E-state index in [1.165, 1.54) is 44.9 Å². The molecule has 0 bridgehead atoms. The van der Waals surface area contributed by atoms with Crippen molar-refractivity contribution in [3.8, 4) is 0 Å². The Bertz CT molecular complexity index is 729. The van der Waals surface area contributed by atoms with E-state index >= 15 is 0 Å². The monoisotopic (exact) mass is 426 g/mol. The first-order valence-corrected chi connectivity index (χ1v) is 13.4. The summed E-state index contributed by atoms with van der Waals surface area (Å²) >= 11 is 0. The molecule has 0 amide bonds. The second-order valence-corrected chi connectivity index (χ2v) is 12.6. The third-order valence-electron chi connectivity index (χ3n) is 10.7. The van der Waals surface area contributed by atoms with Crippen molar-refractivity contribution in [3.05, 3.63) is 23.8 Å². The molecule has 4 saturated carbocycles. The van der Waals surface area contributed by atoms with Gasteiger partial charge in [0, 0.05) is 12.8 Å². The number of ether oxygens (including phenoxy) is 2. The lowest BCUT2D eigenvalue weighted by molar-refractivity contribution is -0.228. The Morgan fingerprint density at radius 3 is 2.48 bits per heavy atom. The molecule has 0 aromatic carbocycles. The smallest absolute Gasteiger partial charge is 0.168 e. The highest BCUT2D eigenvalue weighted by molar-refractivity contribution is 5.30. The molecule has 174 valence electrons. The van der Waals surface area contributed by atoms with E-state index in [1.807, 2.05) is 0 Å². The quantitative estimate of drug-likeness (QED) is 0.434. The highest BCUT2D eigenvalue weighted by Crippen LogP contribution is 2.69. The average Bonchev–Trinajstić information content (AvgIpc) is 3.30. The normalized spacial score (nSPS) is 47.8. The summed E-state index contributed by atoms with van der Waals surface area (Å²) in [5.74, 6) is 4.69. The average molecular weight is 427 g/mol. The molecule has 0 unspecified atom stereocenters. The molecular formula is C29H46O2. The second-order valence-electron chi connectivity index (χ2n) is 12.6. The Morgan fingerprint density at radius 1 is 1.00 bits per heavy atom. The molecule has 4 aliphatic carbocycles. The molecule has 5 rings (SSSR count). The van der Waals surface area contributed by atoms with Gasteiger partial charge in [-0.15, -0.1) is 0 Å². The maximum Gasteiger partial charge on any atom is 0.168 e. The van der Waals surface area contributed by atoms with Crippen LogP contribution in [0, 0.1) is 46.3 Å². The van der Waals surface area contributed by atoms with Crippen LogP contribution in [-0.4, -0.2) is 19.0 Å². The van der Waals surface area contributed by atoms with Gasteiger partial charge in [0.1, 0.15) is 0 Å². The van der Waals surface area contributed by atoms with E-state index in [1.54, 1.807) is 5.57 Å². The molecule has 1 aliphatic heterocycles. The lowest BCUT2D eigenvalue weighted by Crippen LogP contribution is -2.55. The van der Waals surface area contributed by atoms with Gasteiger partial charge in [-0.25, -0.2) is 0 Å². The van der Waals surface area contributed by atoms with E-state index < -0.39 is 0 Å². The number of rotatable bonds is 3. The Hall–Kier alpha value is -0.600. The van der Waals surface area contributed by atoms with Crippen molar-refractivity contribution >= 4 is 0 Å². The Labute approximate surface area is 191 Å². The molecule has 0 radical (unpaired) electrons. The third kappa shape index (κ3) is 3.50. The fraction of sp³-hybridized carbons (Fsp3) is 0.862. The largest absolute Gasteiger partial charge is 0.348 e. The van der Waals surface area contributed by atoms with Crippen molar-refractivity contribution in [2.75, 3.05) is 13.2 Å². The zero-order valence-corrected chi connectivity index (χ0v) is 20.8. The molecule has 2 nitrogen and oxygen atoms in total. The van der Waals surface area contributed by atoms with Gasteiger partial charge >= 0.3 is 0 Å². The lowest BCUT2D eigenvalue weighted by Gasteiger charge is -2.61. The maximum absolute atomic E-state index is 6.16. The minimum Gasteiger partial charge on any atom is -0.348 e. The van der Waals surface area contributed by atoms with Gasteiger partial charge in [0.05, 0.1) is 13.2 Å². The van der Waals surface area contributed by atoms with Crippen molar-refractivity contribution in [1.82, 2.24) is 0 Å². The highest BCUT2D eigenvalue weighted by Gasteiger charge is 2.62. The minimum atomic E-state index is -0.224. The van der Waals surface area contributed by atoms with Crippen molar-refractivity contribution in [1.29, 1.82) is 0 Å². The van der Waals surface area contributed by atoms with Crippen LogP contribution in [-0.2, 0) is 9.47 Å². The molecule has 31 heavy (non-hydrogen) atoms. The van der Waals surface area contributed by atoms with Crippen LogP contribution in [0.3, 0.4) is 0 Å². The molecule has 2 heteroatoms. The van der Waals surface area contributed by atoms with Gasteiger partial charge in [0.15, 0.2) is 5.79 Å². The second kappa shape index (κ2) is 8.01. The Balaban J connectivity index is 1.37. The van der Waals surface area contributed by atoms with Gasteiger partial charge in [-0.1, -0.05) is 51.5 Å². The highest BCUT2D eigenvalue weighted by atomic mass is 16.7. The first-order valence-electron chi connectivity index (χ1n) is 13.4. The van der Waals surface area contributed by atoms with Crippen LogP contribution in [0.25, 0.3) is 0 Å². The summed E-state index contributed by atoms with van der Waals surface area (Å²) in [6.07, 6.45) is 19.4. The molecule has 0 N–H and O–H groups in total. The summed E-state index contributed by atoms with van der Waals surface area (Å²) in [6.45, 7) is 13.8. The molecule has 1 heterocycles.